The topological polar surface area (TPSA) is 138 Å². The summed E-state index contributed by atoms with van der Waals surface area (Å²) in [7, 11) is -4.80. The maximum absolute atomic E-state index is 12.4. The zero-order chi connectivity index (χ0) is 18.9. The highest BCUT2D eigenvalue weighted by Crippen LogP contribution is 2.30. The van der Waals surface area contributed by atoms with Crippen LogP contribution in [0.1, 0.15) is 39.0 Å². The molecule has 3 aliphatic rings. The van der Waals surface area contributed by atoms with Crippen molar-refractivity contribution in [2.24, 2.45) is 0 Å². The van der Waals surface area contributed by atoms with Gasteiger partial charge in [0.05, 0.1) is 12.1 Å². The van der Waals surface area contributed by atoms with Gasteiger partial charge in [0.2, 0.25) is 0 Å². The first-order valence-corrected chi connectivity index (χ1v) is 10.1. The van der Waals surface area contributed by atoms with Gasteiger partial charge in [-0.1, -0.05) is 6.42 Å². The normalized spacial score (nSPS) is 30.4. The predicted octanol–water partition coefficient (Wildman–Crippen LogP) is -0.432. The lowest BCUT2D eigenvalue weighted by molar-refractivity contribution is -0.144. The fourth-order valence-corrected chi connectivity index (χ4v) is 4.07. The van der Waals surface area contributed by atoms with E-state index in [9.17, 15) is 18.0 Å². The summed E-state index contributed by atoms with van der Waals surface area (Å²) in [4.78, 5) is 31.4. The van der Waals surface area contributed by atoms with Gasteiger partial charge in [-0.25, -0.2) is 10.3 Å². The molecule has 3 heterocycles. The number of hydroxylamine groups is 3. The summed E-state index contributed by atoms with van der Waals surface area (Å²) in [5.41, 5.74) is 2.42. The highest BCUT2D eigenvalue weighted by molar-refractivity contribution is 7.80. The van der Waals surface area contributed by atoms with Crippen LogP contribution in [0.25, 0.3) is 0 Å². The van der Waals surface area contributed by atoms with Gasteiger partial charge in [-0.2, -0.15) is 13.5 Å². The van der Waals surface area contributed by atoms with Gasteiger partial charge in [0.1, 0.15) is 6.04 Å². The van der Waals surface area contributed by atoms with Crippen molar-refractivity contribution in [1.82, 2.24) is 20.8 Å². The summed E-state index contributed by atoms with van der Waals surface area (Å²) >= 11 is 0. The van der Waals surface area contributed by atoms with Gasteiger partial charge in [0.25, 0.3) is 5.91 Å². The molecule has 3 saturated heterocycles. The first-order chi connectivity index (χ1) is 12.3. The number of amides is 3. The van der Waals surface area contributed by atoms with E-state index in [1.54, 1.807) is 0 Å². The quantitative estimate of drug-likeness (QED) is 0.409. The molecule has 0 saturated carbocycles. The molecule has 1 unspecified atom stereocenters. The molecule has 3 N–H and O–H groups in total. The number of carbonyl (C=O) groups excluding carboxylic acids is 2. The maximum atomic E-state index is 12.4. The number of hydrogen-bond donors (Lipinski definition) is 3. The molecule has 0 aromatic heterocycles. The third-order valence-corrected chi connectivity index (χ3v) is 5.41. The molecule has 3 rings (SSSR count). The molecule has 12 heteroatoms. The molecular formula is C14H24N4O7S. The van der Waals surface area contributed by atoms with E-state index in [0.29, 0.717) is 17.9 Å². The van der Waals surface area contributed by atoms with Crippen molar-refractivity contribution in [3.05, 3.63) is 0 Å². The number of fused-ring (bicyclic) bond motifs is 2. The van der Waals surface area contributed by atoms with E-state index < -0.39 is 34.4 Å². The van der Waals surface area contributed by atoms with Crippen LogP contribution in [-0.2, 0) is 24.3 Å². The zero-order valence-corrected chi connectivity index (χ0v) is 15.3. The fraction of sp³-hybridized carbons (Fsp3) is 0.857. The molecule has 0 spiro atoms. The summed E-state index contributed by atoms with van der Waals surface area (Å²) in [6, 6.07) is -1.92. The van der Waals surface area contributed by atoms with Gasteiger partial charge in [-0.15, -0.1) is 4.28 Å². The van der Waals surface area contributed by atoms with Crippen LogP contribution in [0.15, 0.2) is 0 Å². The van der Waals surface area contributed by atoms with Gasteiger partial charge in [-0.05, 0) is 39.2 Å². The Morgan fingerprint density at radius 2 is 2.12 bits per heavy atom. The Morgan fingerprint density at radius 1 is 1.35 bits per heavy atom. The summed E-state index contributed by atoms with van der Waals surface area (Å²) in [5, 5.41) is 3.95. The lowest BCUT2D eigenvalue weighted by Crippen LogP contribution is -2.52. The molecule has 0 radical (unpaired) electrons. The van der Waals surface area contributed by atoms with E-state index in [1.165, 1.54) is 4.90 Å². The number of hydrogen-bond acceptors (Lipinski definition) is 7. The van der Waals surface area contributed by atoms with Gasteiger partial charge in [0, 0.05) is 12.6 Å². The fourth-order valence-electron chi connectivity index (χ4n) is 3.68. The van der Waals surface area contributed by atoms with Crippen LogP contribution in [0.2, 0.25) is 0 Å². The average Bonchev–Trinajstić information content (AvgIpc) is 2.84. The Bertz CT molecular complexity index is 652. The number of nitrogens with zero attached hydrogens (tertiary/aromatic N) is 2. The largest absolute Gasteiger partial charge is 0.418 e. The zero-order valence-electron chi connectivity index (χ0n) is 14.5. The van der Waals surface area contributed by atoms with Crippen LogP contribution < -0.4 is 10.8 Å². The predicted molar refractivity (Wildman–Crippen MR) is 87.7 cm³/mol. The van der Waals surface area contributed by atoms with Gasteiger partial charge in [-0.3, -0.25) is 14.2 Å². The molecule has 0 aromatic rings. The maximum Gasteiger partial charge on any atom is 0.418 e. The van der Waals surface area contributed by atoms with Crippen molar-refractivity contribution in [3.8, 4) is 0 Å². The Labute approximate surface area is 151 Å². The highest BCUT2D eigenvalue weighted by Gasteiger charge is 2.49. The van der Waals surface area contributed by atoms with Crippen LogP contribution in [0.5, 0.6) is 0 Å². The minimum absolute atomic E-state index is 0.145. The Hall–Kier alpha value is -1.47. The summed E-state index contributed by atoms with van der Waals surface area (Å²) < 4.78 is 34.9. The van der Waals surface area contributed by atoms with E-state index in [1.807, 2.05) is 6.92 Å². The van der Waals surface area contributed by atoms with E-state index in [4.69, 9.17) is 9.39 Å². The smallest absolute Gasteiger partial charge is 0.311 e. The van der Waals surface area contributed by atoms with Crippen molar-refractivity contribution in [3.63, 3.8) is 0 Å². The van der Waals surface area contributed by atoms with Crippen molar-refractivity contribution in [2.75, 3.05) is 13.1 Å². The Kier molecular flexibility index (Phi) is 5.67. The van der Waals surface area contributed by atoms with Gasteiger partial charge >= 0.3 is 16.4 Å². The first kappa shape index (κ1) is 19.3. The number of rotatable bonds is 6. The number of urea groups is 1. The van der Waals surface area contributed by atoms with E-state index in [2.05, 4.69) is 15.1 Å². The third kappa shape index (κ3) is 4.26. The SMILES string of the molecule is CC(ONC(=O)[C@@H]1CC[C@@H]2CN1C(=O)N2OS(=O)(=O)O)[C@@H]1CCCCN1. The lowest BCUT2D eigenvalue weighted by atomic mass is 10.0. The second-order valence-electron chi connectivity index (χ2n) is 6.86. The number of piperidine rings is 2. The lowest BCUT2D eigenvalue weighted by Gasteiger charge is -2.31. The first-order valence-electron chi connectivity index (χ1n) is 8.72. The van der Waals surface area contributed by atoms with Gasteiger partial charge in [0.15, 0.2) is 0 Å². The average molecular weight is 392 g/mol. The monoisotopic (exact) mass is 392 g/mol. The molecule has 4 atom stereocenters. The molecule has 0 aromatic carbocycles. The molecule has 3 amide bonds. The van der Waals surface area contributed by atoms with Crippen molar-refractivity contribution in [2.45, 2.75) is 63.3 Å². The van der Waals surface area contributed by atoms with Crippen molar-refractivity contribution >= 4 is 22.3 Å². The summed E-state index contributed by atoms with van der Waals surface area (Å²) in [5.74, 6) is -0.465. The van der Waals surface area contributed by atoms with Gasteiger partial charge < -0.3 is 10.2 Å². The van der Waals surface area contributed by atoms with Crippen molar-refractivity contribution in [1.29, 1.82) is 0 Å². The van der Waals surface area contributed by atoms with Crippen LogP contribution in [0, 0.1) is 0 Å². The van der Waals surface area contributed by atoms with Crippen LogP contribution >= 0.6 is 0 Å². The Balaban J connectivity index is 1.55. The standard InChI is InChI=1S/C14H24N4O7S/c1-9(11-4-2-3-7-15-11)24-16-13(19)12-6-5-10-8-17(12)14(20)18(10)25-26(21,22)23/h9-12,15H,2-8H2,1H3,(H,16,19)(H,21,22,23)/t9?,10-,11+,12+/m1/s1. The highest BCUT2D eigenvalue weighted by atomic mass is 32.3. The summed E-state index contributed by atoms with van der Waals surface area (Å²) in [6.45, 7) is 2.93. The third-order valence-electron chi connectivity index (χ3n) is 5.06. The molecular weight excluding hydrogens is 368 g/mol. The van der Waals surface area contributed by atoms with Crippen molar-refractivity contribution < 1.29 is 31.7 Å². The number of carbonyl (C=O) groups is 2. The molecule has 3 aliphatic heterocycles. The minimum atomic E-state index is -4.80. The second-order valence-corrected chi connectivity index (χ2v) is 7.86. The minimum Gasteiger partial charge on any atom is -0.311 e. The molecule has 11 nitrogen and oxygen atoms in total. The molecule has 26 heavy (non-hydrogen) atoms. The molecule has 0 aliphatic carbocycles. The van der Waals surface area contributed by atoms with E-state index >= 15 is 0 Å². The van der Waals surface area contributed by atoms with Crippen LogP contribution in [0.3, 0.4) is 0 Å². The second kappa shape index (κ2) is 7.64. The molecule has 3 fully saturated rings. The van der Waals surface area contributed by atoms with E-state index in [0.717, 1.165) is 25.8 Å². The summed E-state index contributed by atoms with van der Waals surface area (Å²) in [6.07, 6.45) is 3.69. The molecule has 148 valence electrons. The van der Waals surface area contributed by atoms with Crippen LogP contribution in [0.4, 0.5) is 4.79 Å². The number of nitrogens with one attached hydrogen (secondary N) is 2. The Morgan fingerprint density at radius 3 is 2.77 bits per heavy atom. The molecule has 2 bridgehead atoms. The van der Waals surface area contributed by atoms with E-state index in [-0.39, 0.29) is 18.7 Å². The van der Waals surface area contributed by atoms with Crippen LogP contribution in [-0.4, -0.2) is 72.2 Å².